The molecule has 12 heteroatoms. The summed E-state index contributed by atoms with van der Waals surface area (Å²) in [5, 5.41) is 0. The van der Waals surface area contributed by atoms with Gasteiger partial charge in [-0.25, -0.2) is 4.21 Å². The van der Waals surface area contributed by atoms with E-state index in [4.69, 9.17) is 13.7 Å². The molecule has 0 saturated heterocycles. The summed E-state index contributed by atoms with van der Waals surface area (Å²) in [5.41, 5.74) is -0.286. The Morgan fingerprint density at radius 3 is 1.84 bits per heavy atom. The van der Waals surface area contributed by atoms with Crippen LogP contribution in [0.25, 0.3) is 0 Å². The van der Waals surface area contributed by atoms with Crippen molar-refractivity contribution >= 4 is 31.3 Å². The predicted molar refractivity (Wildman–Crippen MR) is 59.8 cm³/mol. The van der Waals surface area contributed by atoms with Gasteiger partial charge in [-0.15, -0.1) is 0 Å². The van der Waals surface area contributed by atoms with E-state index < -0.39 is 46.0 Å². The topological polar surface area (TPSA) is 146 Å². The van der Waals surface area contributed by atoms with Crippen molar-refractivity contribution in [3.63, 3.8) is 0 Å². The van der Waals surface area contributed by atoms with Crippen LogP contribution >= 0.6 is 0 Å². The third-order valence-electron chi connectivity index (χ3n) is 2.05. The van der Waals surface area contributed by atoms with Crippen LogP contribution in [0.1, 0.15) is 5.56 Å². The Kier molecular flexibility index (Phi) is 6.38. The molecule has 1 aromatic carbocycles. The second-order valence-corrected chi connectivity index (χ2v) is 6.99. The van der Waals surface area contributed by atoms with Crippen LogP contribution in [0.3, 0.4) is 0 Å². The summed E-state index contributed by atoms with van der Waals surface area (Å²) in [4.78, 5) is -2.31. The number of hydrogen-bond donors (Lipinski definition) is 3. The van der Waals surface area contributed by atoms with Crippen molar-refractivity contribution in [2.45, 2.75) is 21.6 Å². The average molecular weight is 554 g/mol. The van der Waals surface area contributed by atoms with Gasteiger partial charge in [-0.1, -0.05) is 0 Å². The molecule has 8 nitrogen and oxygen atoms in total. The Morgan fingerprint density at radius 2 is 1.53 bits per heavy atom. The van der Waals surface area contributed by atoms with Gasteiger partial charge in [0, 0.05) is 31.1 Å². The molecule has 0 aliphatic rings. The molecule has 19 heavy (non-hydrogen) atoms. The molecule has 0 amide bonds. The second kappa shape index (κ2) is 6.32. The van der Waals surface area contributed by atoms with Crippen LogP contribution in [0.4, 0.5) is 0 Å². The maximum absolute atomic E-state index is 11.0. The van der Waals surface area contributed by atoms with E-state index in [0.29, 0.717) is 12.1 Å². The van der Waals surface area contributed by atoms with E-state index in [2.05, 4.69) is 0 Å². The zero-order chi connectivity index (χ0) is 14.3. The molecule has 0 aromatic heterocycles. The summed E-state index contributed by atoms with van der Waals surface area (Å²) in [6.45, 7) is 1.11. The van der Waals surface area contributed by atoms with Crippen LogP contribution in [0.5, 0.6) is 0 Å². The summed E-state index contributed by atoms with van der Waals surface area (Å²) < 4.78 is 81.3. The second-order valence-electron chi connectivity index (χ2n) is 3.24. The Bertz CT molecular complexity index is 721. The minimum absolute atomic E-state index is 0. The van der Waals surface area contributed by atoms with Gasteiger partial charge in [0.05, 0.1) is 14.7 Å². The van der Waals surface area contributed by atoms with E-state index >= 15 is 0 Å². The van der Waals surface area contributed by atoms with Crippen LogP contribution in [-0.2, 0) is 31.3 Å². The number of hydrogen-bond acceptors (Lipinski definition) is 5. The molecule has 1 rings (SSSR count). The van der Waals surface area contributed by atoms with Crippen molar-refractivity contribution in [3.8, 4) is 0 Å². The quantitative estimate of drug-likeness (QED) is 0.352. The molecule has 106 valence electrons. The third kappa shape index (κ3) is 4.61. The first kappa shape index (κ1) is 19.2. The summed E-state index contributed by atoms with van der Waals surface area (Å²) in [6.07, 6.45) is 0. The van der Waals surface area contributed by atoms with Crippen LogP contribution in [-0.4, -0.2) is 34.7 Å². The normalized spacial score (nSPS) is 13.7. The van der Waals surface area contributed by atoms with Gasteiger partial charge in [0.1, 0.15) is 0 Å². The van der Waals surface area contributed by atoms with Crippen LogP contribution < -0.4 is 0 Å². The predicted octanol–water partition coefficient (Wildman–Crippen LogP) is 0.0690. The molecule has 0 heterocycles. The Hall–Kier alpha value is 0.202. The van der Waals surface area contributed by atoms with Crippen molar-refractivity contribution in [1.82, 2.24) is 0 Å². The fourth-order valence-electron chi connectivity index (χ4n) is 1.24. The van der Waals surface area contributed by atoms with Crippen molar-refractivity contribution in [1.29, 1.82) is 0 Å². The smallest absolute Gasteiger partial charge is 0.294 e. The standard InChI is InChI=1S/C7H8O8S3.U/c1-4-6(16(8)9)2-5(17(10,11)12)3-7(4)18(13,14)15;/h2-3H,1H3,(H,8,9)(H,10,11,12)(H,13,14,15);. The number of rotatable bonds is 3. The van der Waals surface area contributed by atoms with Gasteiger partial charge in [-0.3, -0.25) is 9.11 Å². The van der Waals surface area contributed by atoms with Crippen LogP contribution in [0.2, 0.25) is 0 Å². The Balaban J connectivity index is 0.00000324. The van der Waals surface area contributed by atoms with Crippen LogP contribution in [0.15, 0.2) is 26.8 Å². The van der Waals surface area contributed by atoms with E-state index in [9.17, 15) is 21.0 Å². The summed E-state index contributed by atoms with van der Waals surface area (Å²) in [7, 11) is -9.57. The van der Waals surface area contributed by atoms with Gasteiger partial charge in [-0.05, 0) is 24.6 Å². The Labute approximate surface area is 135 Å². The molecule has 0 bridgehead atoms. The molecule has 0 saturated carbocycles. The molecular formula is C7H8O8S3U. The average Bonchev–Trinajstić information content (AvgIpc) is 2.13. The maximum atomic E-state index is 11.0. The van der Waals surface area contributed by atoms with Gasteiger partial charge in [0.15, 0.2) is 11.1 Å². The van der Waals surface area contributed by atoms with Crippen molar-refractivity contribution in [2.24, 2.45) is 0 Å². The maximum Gasteiger partial charge on any atom is 0.294 e. The van der Waals surface area contributed by atoms with Crippen molar-refractivity contribution < 1.29 is 65.8 Å². The van der Waals surface area contributed by atoms with E-state index in [1.807, 2.05) is 0 Å². The SMILES string of the molecule is Cc1c(S(=O)O)cc(S(=O)(=O)O)cc1S(=O)(=O)O.[U]. The molecule has 0 fully saturated rings. The zero-order valence-corrected chi connectivity index (χ0v) is 15.9. The molecular weight excluding hydrogens is 546 g/mol. The molecule has 0 spiro atoms. The zero-order valence-electron chi connectivity index (χ0n) is 9.26. The summed E-state index contributed by atoms with van der Waals surface area (Å²) in [5.74, 6) is 0. The first-order chi connectivity index (χ1) is 7.94. The fourth-order valence-corrected chi connectivity index (χ4v) is 3.36. The molecule has 0 aliphatic heterocycles. The Morgan fingerprint density at radius 1 is 1.05 bits per heavy atom. The minimum Gasteiger partial charge on any atom is -0.302 e. The first-order valence-electron chi connectivity index (χ1n) is 4.15. The third-order valence-corrected chi connectivity index (χ3v) is 4.66. The largest absolute Gasteiger partial charge is 0.302 e. The van der Waals surface area contributed by atoms with Crippen molar-refractivity contribution in [3.05, 3.63) is 17.7 Å². The molecule has 1 unspecified atom stereocenters. The monoisotopic (exact) mass is 554 g/mol. The van der Waals surface area contributed by atoms with E-state index in [1.54, 1.807) is 0 Å². The summed E-state index contributed by atoms with van der Waals surface area (Å²) in [6, 6.07) is 1.14. The van der Waals surface area contributed by atoms with Gasteiger partial charge in [0.25, 0.3) is 20.2 Å². The molecule has 0 radical (unpaired) electrons. The van der Waals surface area contributed by atoms with Gasteiger partial charge in [-0.2, -0.15) is 16.8 Å². The number of benzene rings is 1. The van der Waals surface area contributed by atoms with Gasteiger partial charge >= 0.3 is 0 Å². The fraction of sp³-hybridized carbons (Fsp3) is 0.143. The molecule has 1 aromatic rings. The van der Waals surface area contributed by atoms with Gasteiger partial charge in [0.2, 0.25) is 0 Å². The minimum atomic E-state index is -4.79. The van der Waals surface area contributed by atoms with E-state index in [0.717, 1.165) is 6.92 Å². The molecule has 1 atom stereocenters. The van der Waals surface area contributed by atoms with E-state index in [1.165, 1.54) is 0 Å². The molecule has 3 N–H and O–H groups in total. The molecule has 0 aliphatic carbocycles. The summed E-state index contributed by atoms with van der Waals surface area (Å²) >= 11 is -2.68. The first-order valence-corrected chi connectivity index (χ1v) is 8.13. The van der Waals surface area contributed by atoms with Crippen LogP contribution in [0, 0.1) is 38.0 Å². The van der Waals surface area contributed by atoms with Crippen molar-refractivity contribution in [2.75, 3.05) is 0 Å². The van der Waals surface area contributed by atoms with E-state index in [-0.39, 0.29) is 36.7 Å². The van der Waals surface area contributed by atoms with Gasteiger partial charge < -0.3 is 4.55 Å².